The lowest BCUT2D eigenvalue weighted by atomic mass is 10.1. The van der Waals surface area contributed by atoms with Crippen molar-refractivity contribution in [1.29, 1.82) is 0 Å². The number of nitrogens with zero attached hydrogens (tertiary/aromatic N) is 3. The van der Waals surface area contributed by atoms with E-state index in [2.05, 4.69) is 26.2 Å². The lowest BCUT2D eigenvalue weighted by Crippen LogP contribution is -2.41. The number of thiazole rings is 1. The largest absolute Gasteiger partial charge is 0.454 e. The molecule has 150 valence electrons. The van der Waals surface area contributed by atoms with Crippen molar-refractivity contribution in [3.05, 3.63) is 28.2 Å². The van der Waals surface area contributed by atoms with E-state index in [1.807, 2.05) is 12.1 Å². The first-order valence-corrected chi connectivity index (χ1v) is 11.2. The summed E-state index contributed by atoms with van der Waals surface area (Å²) < 4.78 is 10.9. The zero-order valence-electron chi connectivity index (χ0n) is 15.8. The summed E-state index contributed by atoms with van der Waals surface area (Å²) in [5.74, 6) is 1.65. The number of anilines is 2. The Kier molecular flexibility index (Phi) is 5.22. The average Bonchev–Trinajstić information content (AvgIpc) is 3.43. The quantitative estimate of drug-likeness (QED) is 0.782. The third-order valence-electron chi connectivity index (χ3n) is 5.63. The van der Waals surface area contributed by atoms with Crippen molar-refractivity contribution in [3.8, 4) is 11.5 Å². The standard InChI is InChI=1S/C20H25ClN4O2S/c21-19-18(28-20(23-19)25-8-1-2-9-25)12-24-7-3-4-15(11-24)22-14-5-6-16-17(10-14)27-13-26-16/h5-6,10,15,22H,1-4,7-9,11-13H2. The van der Waals surface area contributed by atoms with Gasteiger partial charge in [-0.2, -0.15) is 0 Å². The molecule has 4 heterocycles. The smallest absolute Gasteiger partial charge is 0.231 e. The molecule has 2 fully saturated rings. The summed E-state index contributed by atoms with van der Waals surface area (Å²) in [5, 5.41) is 5.43. The van der Waals surface area contributed by atoms with E-state index in [4.69, 9.17) is 21.1 Å². The number of aromatic nitrogens is 1. The highest BCUT2D eigenvalue weighted by Gasteiger charge is 2.24. The molecule has 0 saturated carbocycles. The second-order valence-corrected chi connectivity index (χ2v) is 9.11. The number of hydrogen-bond acceptors (Lipinski definition) is 7. The molecule has 1 aromatic carbocycles. The lowest BCUT2D eigenvalue weighted by molar-refractivity contribution is 0.174. The molecule has 2 saturated heterocycles. The van der Waals surface area contributed by atoms with E-state index in [9.17, 15) is 0 Å². The molecule has 0 amide bonds. The second-order valence-electron chi connectivity index (χ2n) is 7.69. The zero-order valence-corrected chi connectivity index (χ0v) is 17.4. The Balaban J connectivity index is 1.21. The van der Waals surface area contributed by atoms with E-state index in [0.29, 0.717) is 18.0 Å². The number of nitrogens with one attached hydrogen (secondary N) is 1. The Morgan fingerprint density at radius 3 is 2.89 bits per heavy atom. The minimum Gasteiger partial charge on any atom is -0.454 e. The van der Waals surface area contributed by atoms with Gasteiger partial charge in [0.15, 0.2) is 16.6 Å². The molecule has 1 unspecified atom stereocenters. The van der Waals surface area contributed by atoms with Crippen LogP contribution in [-0.2, 0) is 6.54 Å². The van der Waals surface area contributed by atoms with Crippen LogP contribution in [0.2, 0.25) is 5.15 Å². The van der Waals surface area contributed by atoms with Gasteiger partial charge in [0.05, 0.1) is 4.88 Å². The maximum atomic E-state index is 6.47. The maximum absolute atomic E-state index is 6.47. The first kappa shape index (κ1) is 18.3. The molecule has 5 rings (SSSR count). The molecule has 3 aliphatic rings. The Bertz CT molecular complexity index is 840. The molecular weight excluding hydrogens is 396 g/mol. The maximum Gasteiger partial charge on any atom is 0.231 e. The number of hydrogen-bond donors (Lipinski definition) is 1. The van der Waals surface area contributed by atoms with Crippen LogP contribution in [0.25, 0.3) is 0 Å². The third kappa shape index (κ3) is 3.88. The first-order chi connectivity index (χ1) is 13.7. The minimum absolute atomic E-state index is 0.311. The average molecular weight is 421 g/mol. The van der Waals surface area contributed by atoms with Gasteiger partial charge in [0, 0.05) is 44.0 Å². The van der Waals surface area contributed by atoms with Crippen LogP contribution in [0.4, 0.5) is 10.8 Å². The Labute approximate surface area is 174 Å². The van der Waals surface area contributed by atoms with E-state index in [1.165, 1.54) is 30.6 Å². The third-order valence-corrected chi connectivity index (χ3v) is 7.16. The van der Waals surface area contributed by atoms with Crippen LogP contribution in [0.15, 0.2) is 18.2 Å². The fourth-order valence-electron chi connectivity index (χ4n) is 4.20. The summed E-state index contributed by atoms with van der Waals surface area (Å²) in [4.78, 5) is 10.7. The second kappa shape index (κ2) is 7.97. The molecule has 6 nitrogen and oxygen atoms in total. The van der Waals surface area contributed by atoms with Gasteiger partial charge in [-0.25, -0.2) is 4.98 Å². The molecule has 0 radical (unpaired) electrons. The Hall–Kier alpha value is -1.70. The van der Waals surface area contributed by atoms with Gasteiger partial charge in [-0.15, -0.1) is 0 Å². The highest BCUT2D eigenvalue weighted by Crippen LogP contribution is 2.35. The number of piperidine rings is 1. The summed E-state index contributed by atoms with van der Waals surface area (Å²) in [5.41, 5.74) is 1.09. The van der Waals surface area contributed by atoms with Gasteiger partial charge >= 0.3 is 0 Å². The molecule has 2 aromatic rings. The van der Waals surface area contributed by atoms with E-state index >= 15 is 0 Å². The number of ether oxygens (including phenoxy) is 2. The van der Waals surface area contributed by atoms with Crippen LogP contribution < -0.4 is 19.7 Å². The number of fused-ring (bicyclic) bond motifs is 1. The Morgan fingerprint density at radius 1 is 1.14 bits per heavy atom. The van der Waals surface area contributed by atoms with Crippen molar-refractivity contribution < 1.29 is 9.47 Å². The summed E-state index contributed by atoms with van der Waals surface area (Å²) >= 11 is 8.23. The van der Waals surface area contributed by atoms with Crippen LogP contribution in [-0.4, -0.2) is 48.9 Å². The van der Waals surface area contributed by atoms with E-state index in [0.717, 1.165) is 55.0 Å². The molecule has 0 spiro atoms. The molecule has 3 aliphatic heterocycles. The minimum atomic E-state index is 0.311. The van der Waals surface area contributed by atoms with Crippen molar-refractivity contribution in [2.45, 2.75) is 38.3 Å². The van der Waals surface area contributed by atoms with Crippen molar-refractivity contribution in [1.82, 2.24) is 9.88 Å². The van der Waals surface area contributed by atoms with E-state index in [1.54, 1.807) is 11.3 Å². The van der Waals surface area contributed by atoms with Gasteiger partial charge in [-0.05, 0) is 44.4 Å². The lowest BCUT2D eigenvalue weighted by Gasteiger charge is -2.33. The first-order valence-electron chi connectivity index (χ1n) is 10.0. The predicted octanol–water partition coefficient (Wildman–Crippen LogP) is 4.20. The number of rotatable bonds is 5. The van der Waals surface area contributed by atoms with Crippen LogP contribution in [0.5, 0.6) is 11.5 Å². The molecule has 1 atom stereocenters. The monoisotopic (exact) mass is 420 g/mol. The molecule has 0 aliphatic carbocycles. The van der Waals surface area contributed by atoms with Gasteiger partial charge in [0.2, 0.25) is 6.79 Å². The molecule has 28 heavy (non-hydrogen) atoms. The topological polar surface area (TPSA) is 49.9 Å². The fraction of sp³-hybridized carbons (Fsp3) is 0.550. The summed E-state index contributed by atoms with van der Waals surface area (Å²) in [6.07, 6.45) is 4.86. The summed E-state index contributed by atoms with van der Waals surface area (Å²) in [7, 11) is 0. The normalized spacial score (nSPS) is 22.0. The Morgan fingerprint density at radius 2 is 2.00 bits per heavy atom. The van der Waals surface area contributed by atoms with Gasteiger partial charge < -0.3 is 19.7 Å². The number of likely N-dealkylation sites (tertiary alicyclic amines) is 1. The highest BCUT2D eigenvalue weighted by atomic mass is 35.5. The predicted molar refractivity (Wildman–Crippen MR) is 113 cm³/mol. The number of benzene rings is 1. The van der Waals surface area contributed by atoms with E-state index < -0.39 is 0 Å². The van der Waals surface area contributed by atoms with Crippen molar-refractivity contribution >= 4 is 33.8 Å². The molecule has 1 aromatic heterocycles. The molecule has 1 N–H and O–H groups in total. The van der Waals surface area contributed by atoms with Crippen molar-refractivity contribution in [2.24, 2.45) is 0 Å². The molecular formula is C20H25ClN4O2S. The summed E-state index contributed by atoms with van der Waals surface area (Å²) in [6.45, 7) is 5.51. The summed E-state index contributed by atoms with van der Waals surface area (Å²) in [6, 6.07) is 6.49. The van der Waals surface area contributed by atoms with Crippen LogP contribution in [0.3, 0.4) is 0 Å². The van der Waals surface area contributed by atoms with Crippen LogP contribution >= 0.6 is 22.9 Å². The fourth-order valence-corrected chi connectivity index (χ4v) is 5.56. The van der Waals surface area contributed by atoms with Crippen molar-refractivity contribution in [2.75, 3.05) is 43.2 Å². The van der Waals surface area contributed by atoms with Gasteiger partial charge in [-0.3, -0.25) is 4.90 Å². The van der Waals surface area contributed by atoms with Crippen molar-refractivity contribution in [3.63, 3.8) is 0 Å². The van der Waals surface area contributed by atoms with E-state index in [-0.39, 0.29) is 0 Å². The van der Waals surface area contributed by atoms with Gasteiger partial charge in [0.25, 0.3) is 0 Å². The SMILES string of the molecule is Clc1nc(N2CCCC2)sc1CN1CCCC(Nc2ccc3c(c2)OCO3)C1. The van der Waals surface area contributed by atoms with Gasteiger partial charge in [0.1, 0.15) is 5.15 Å². The van der Waals surface area contributed by atoms with Crippen LogP contribution in [0.1, 0.15) is 30.6 Å². The van der Waals surface area contributed by atoms with Gasteiger partial charge in [-0.1, -0.05) is 22.9 Å². The number of halogens is 1. The molecule has 8 heteroatoms. The zero-order chi connectivity index (χ0) is 18.9. The van der Waals surface area contributed by atoms with Crippen LogP contribution in [0, 0.1) is 0 Å². The highest BCUT2D eigenvalue weighted by molar-refractivity contribution is 7.16. The molecule has 0 bridgehead atoms.